The molecule has 0 aromatic heterocycles. The van der Waals surface area contributed by atoms with Gasteiger partial charge in [-0.15, -0.1) is 0 Å². The molecule has 1 amide bonds. The second-order valence-corrected chi connectivity index (χ2v) is 5.00. The fourth-order valence-electron chi connectivity index (χ4n) is 2.50. The zero-order valence-corrected chi connectivity index (χ0v) is 11.3. The topological polar surface area (TPSA) is 78.9 Å². The van der Waals surface area contributed by atoms with E-state index >= 15 is 0 Å². The summed E-state index contributed by atoms with van der Waals surface area (Å²) in [5.41, 5.74) is 8.35. The number of amides is 1. The zero-order chi connectivity index (χ0) is 14.0. The molecule has 0 saturated carbocycles. The number of oxime groups is 1. The van der Waals surface area contributed by atoms with Crippen LogP contribution in [0.5, 0.6) is 0 Å². The van der Waals surface area contributed by atoms with Crippen LogP contribution in [0.3, 0.4) is 0 Å². The second kappa shape index (κ2) is 5.30. The molecule has 5 nitrogen and oxygen atoms in total. The molecule has 1 saturated heterocycles. The first-order chi connectivity index (χ1) is 9.04. The molecule has 5 heteroatoms. The van der Waals surface area contributed by atoms with Gasteiger partial charge < -0.3 is 15.8 Å². The number of benzene rings is 1. The molecule has 1 aromatic carbocycles. The lowest BCUT2D eigenvalue weighted by molar-refractivity contribution is 0.0767. The van der Waals surface area contributed by atoms with Crippen molar-refractivity contribution in [3.05, 3.63) is 34.9 Å². The number of nitrogens with zero attached hydrogens (tertiary/aromatic N) is 2. The van der Waals surface area contributed by atoms with Gasteiger partial charge >= 0.3 is 0 Å². The van der Waals surface area contributed by atoms with Crippen LogP contribution in [0.15, 0.2) is 23.4 Å². The van der Waals surface area contributed by atoms with E-state index in [1.807, 2.05) is 32.0 Å². The molecular weight excluding hydrogens is 242 g/mol. The summed E-state index contributed by atoms with van der Waals surface area (Å²) in [6, 6.07) is 5.52. The maximum atomic E-state index is 12.6. The first kappa shape index (κ1) is 13.4. The lowest BCUT2D eigenvalue weighted by atomic mass is 10.0. The van der Waals surface area contributed by atoms with E-state index in [2.05, 4.69) is 5.16 Å². The summed E-state index contributed by atoms with van der Waals surface area (Å²) in [6.07, 6.45) is 1.62. The smallest absolute Gasteiger partial charge is 0.254 e. The molecule has 0 radical (unpaired) electrons. The molecule has 1 atom stereocenters. The van der Waals surface area contributed by atoms with Crippen molar-refractivity contribution in [1.29, 1.82) is 0 Å². The Morgan fingerprint density at radius 3 is 2.89 bits per heavy atom. The maximum absolute atomic E-state index is 12.6. The third-order valence-electron chi connectivity index (χ3n) is 3.59. The van der Waals surface area contributed by atoms with Crippen LogP contribution in [0.1, 0.15) is 34.3 Å². The van der Waals surface area contributed by atoms with Crippen LogP contribution >= 0.6 is 0 Å². The van der Waals surface area contributed by atoms with E-state index in [1.165, 1.54) is 0 Å². The minimum atomic E-state index is -0.294. The first-order valence-electron chi connectivity index (χ1n) is 6.40. The summed E-state index contributed by atoms with van der Waals surface area (Å²) in [6.45, 7) is 4.52. The third-order valence-corrected chi connectivity index (χ3v) is 3.59. The molecule has 1 unspecified atom stereocenters. The van der Waals surface area contributed by atoms with Gasteiger partial charge in [0.05, 0.1) is 6.04 Å². The van der Waals surface area contributed by atoms with Crippen molar-refractivity contribution >= 4 is 11.7 Å². The van der Waals surface area contributed by atoms with Crippen LogP contribution in [0.4, 0.5) is 0 Å². The number of carbonyl (C=O) groups excluding carboxylic acids is 1. The molecule has 102 valence electrons. The second-order valence-electron chi connectivity index (χ2n) is 5.00. The summed E-state index contributed by atoms with van der Waals surface area (Å²) in [7, 11) is 0. The number of hydrogen-bond acceptors (Lipinski definition) is 3. The largest absolute Gasteiger partial charge is 0.409 e. The molecule has 1 aliphatic heterocycles. The number of carbonyl (C=O) groups is 1. The molecule has 19 heavy (non-hydrogen) atoms. The van der Waals surface area contributed by atoms with Gasteiger partial charge in [-0.25, -0.2) is 0 Å². The van der Waals surface area contributed by atoms with Crippen molar-refractivity contribution < 1.29 is 10.0 Å². The Kier molecular flexibility index (Phi) is 3.74. The highest BCUT2D eigenvalue weighted by molar-refractivity contribution is 5.99. The number of rotatable bonds is 2. The van der Waals surface area contributed by atoms with E-state index in [1.54, 1.807) is 4.90 Å². The Morgan fingerprint density at radius 2 is 2.21 bits per heavy atom. The quantitative estimate of drug-likeness (QED) is 0.368. The summed E-state index contributed by atoms with van der Waals surface area (Å²) >= 11 is 0. The summed E-state index contributed by atoms with van der Waals surface area (Å²) in [5, 5.41) is 11.8. The minimum absolute atomic E-state index is 0.0460. The van der Waals surface area contributed by atoms with E-state index in [-0.39, 0.29) is 17.8 Å². The van der Waals surface area contributed by atoms with Crippen molar-refractivity contribution in [2.45, 2.75) is 32.7 Å². The van der Waals surface area contributed by atoms with Crippen LogP contribution in [0.25, 0.3) is 0 Å². The van der Waals surface area contributed by atoms with Gasteiger partial charge in [-0.3, -0.25) is 4.79 Å². The molecule has 1 fully saturated rings. The normalized spacial score (nSPS) is 19.8. The molecule has 2 rings (SSSR count). The van der Waals surface area contributed by atoms with Gasteiger partial charge in [-0.2, -0.15) is 0 Å². The standard InChI is InChI=1S/C14H19N3O2/c1-9-5-6-10(2)11(8-9)14(18)17-7-3-4-12(17)13(15)16-19/h5-6,8,12,19H,3-4,7H2,1-2H3,(H2,15,16). The van der Waals surface area contributed by atoms with Crippen LogP contribution < -0.4 is 5.73 Å². The van der Waals surface area contributed by atoms with Gasteiger partial charge in [0.1, 0.15) is 0 Å². The molecular formula is C14H19N3O2. The van der Waals surface area contributed by atoms with E-state index in [0.717, 1.165) is 24.0 Å². The maximum Gasteiger partial charge on any atom is 0.254 e. The number of amidine groups is 1. The van der Waals surface area contributed by atoms with Crippen LogP contribution in [-0.4, -0.2) is 34.4 Å². The highest BCUT2D eigenvalue weighted by Gasteiger charge is 2.32. The average molecular weight is 261 g/mol. The number of hydrogen-bond donors (Lipinski definition) is 2. The number of likely N-dealkylation sites (tertiary alicyclic amines) is 1. The Morgan fingerprint density at radius 1 is 1.47 bits per heavy atom. The molecule has 1 aliphatic rings. The molecule has 1 aromatic rings. The van der Waals surface area contributed by atoms with Gasteiger partial charge in [0, 0.05) is 12.1 Å². The highest BCUT2D eigenvalue weighted by Crippen LogP contribution is 2.22. The summed E-state index contributed by atoms with van der Waals surface area (Å²) < 4.78 is 0. The van der Waals surface area contributed by atoms with Gasteiger partial charge in [-0.05, 0) is 38.3 Å². The Balaban J connectivity index is 2.31. The van der Waals surface area contributed by atoms with Crippen molar-refractivity contribution in [2.75, 3.05) is 6.54 Å². The van der Waals surface area contributed by atoms with E-state index in [0.29, 0.717) is 12.1 Å². The van der Waals surface area contributed by atoms with Crippen molar-refractivity contribution in [2.24, 2.45) is 10.9 Å². The number of aryl methyl sites for hydroxylation is 2. The fourth-order valence-corrected chi connectivity index (χ4v) is 2.50. The van der Waals surface area contributed by atoms with Crippen LogP contribution in [0.2, 0.25) is 0 Å². The van der Waals surface area contributed by atoms with E-state index < -0.39 is 0 Å². The van der Waals surface area contributed by atoms with E-state index in [9.17, 15) is 4.79 Å². The van der Waals surface area contributed by atoms with Gasteiger partial charge in [0.2, 0.25) is 0 Å². The highest BCUT2D eigenvalue weighted by atomic mass is 16.4. The van der Waals surface area contributed by atoms with Gasteiger partial charge in [-0.1, -0.05) is 22.9 Å². The average Bonchev–Trinajstić information content (AvgIpc) is 2.89. The van der Waals surface area contributed by atoms with Crippen molar-refractivity contribution in [3.63, 3.8) is 0 Å². The van der Waals surface area contributed by atoms with Crippen molar-refractivity contribution in [1.82, 2.24) is 4.90 Å². The molecule has 0 spiro atoms. The zero-order valence-electron chi connectivity index (χ0n) is 11.3. The predicted molar refractivity (Wildman–Crippen MR) is 73.4 cm³/mol. The third kappa shape index (κ3) is 2.54. The van der Waals surface area contributed by atoms with Crippen LogP contribution in [-0.2, 0) is 0 Å². The Bertz CT molecular complexity index is 525. The lowest BCUT2D eigenvalue weighted by Gasteiger charge is -2.24. The molecule has 0 aliphatic carbocycles. The SMILES string of the molecule is Cc1ccc(C)c(C(=O)N2CCCC2C(N)=NO)c1. The molecule has 0 bridgehead atoms. The van der Waals surface area contributed by atoms with Crippen LogP contribution in [0, 0.1) is 13.8 Å². The lowest BCUT2D eigenvalue weighted by Crippen LogP contribution is -2.44. The summed E-state index contributed by atoms with van der Waals surface area (Å²) in [4.78, 5) is 14.3. The predicted octanol–water partition coefficient (Wildman–Crippen LogP) is 1.65. The fraction of sp³-hybridized carbons (Fsp3) is 0.429. The summed E-state index contributed by atoms with van der Waals surface area (Å²) in [5.74, 6) is 0.0615. The van der Waals surface area contributed by atoms with Gasteiger partial charge in [0.15, 0.2) is 5.84 Å². The van der Waals surface area contributed by atoms with Gasteiger partial charge in [0.25, 0.3) is 5.91 Å². The molecule has 3 N–H and O–H groups in total. The molecule has 1 heterocycles. The first-order valence-corrected chi connectivity index (χ1v) is 6.40. The Hall–Kier alpha value is -2.04. The Labute approximate surface area is 112 Å². The van der Waals surface area contributed by atoms with E-state index in [4.69, 9.17) is 10.9 Å². The van der Waals surface area contributed by atoms with Crippen molar-refractivity contribution in [3.8, 4) is 0 Å². The monoisotopic (exact) mass is 261 g/mol. The minimum Gasteiger partial charge on any atom is -0.409 e. The number of nitrogens with two attached hydrogens (primary N) is 1.